The van der Waals surface area contributed by atoms with Crippen LogP contribution in [0.3, 0.4) is 0 Å². The number of carbonyl (C=O) groups excluding carboxylic acids is 1. The number of hydrogen-bond acceptors (Lipinski definition) is 3. The third kappa shape index (κ3) is 4.61. The Morgan fingerprint density at radius 1 is 1.56 bits per heavy atom. The van der Waals surface area contributed by atoms with E-state index < -0.39 is 0 Å². The second-order valence-electron chi connectivity index (χ2n) is 4.07. The number of amides is 2. The Bertz CT molecular complexity index is 202. The van der Waals surface area contributed by atoms with Gasteiger partial charge in [-0.2, -0.15) is 11.8 Å². The molecule has 2 amide bonds. The highest BCUT2D eigenvalue weighted by Gasteiger charge is 2.19. The fourth-order valence-corrected chi connectivity index (χ4v) is 2.90. The van der Waals surface area contributed by atoms with Crippen LogP contribution in [0.5, 0.6) is 0 Å². The molecule has 1 rings (SSSR count). The van der Waals surface area contributed by atoms with E-state index in [4.69, 9.17) is 5.11 Å². The van der Waals surface area contributed by atoms with Crippen LogP contribution >= 0.6 is 11.8 Å². The molecule has 1 heterocycles. The summed E-state index contributed by atoms with van der Waals surface area (Å²) in [6.07, 6.45) is 3.19. The molecule has 1 fully saturated rings. The molecule has 1 aliphatic heterocycles. The van der Waals surface area contributed by atoms with Crippen LogP contribution in [0.25, 0.3) is 0 Å². The molecule has 1 saturated heterocycles. The van der Waals surface area contributed by atoms with Gasteiger partial charge in [-0.3, -0.25) is 0 Å². The molecular weight excluding hydrogens is 224 g/mol. The summed E-state index contributed by atoms with van der Waals surface area (Å²) in [6.45, 7) is 3.22. The van der Waals surface area contributed by atoms with Gasteiger partial charge < -0.3 is 15.3 Å². The fraction of sp³-hybridized carbons (Fsp3) is 0.909. The van der Waals surface area contributed by atoms with E-state index >= 15 is 0 Å². The van der Waals surface area contributed by atoms with Gasteiger partial charge in [-0.25, -0.2) is 4.79 Å². The van der Waals surface area contributed by atoms with Gasteiger partial charge in [0.05, 0.1) is 6.61 Å². The van der Waals surface area contributed by atoms with Crippen LogP contribution in [-0.4, -0.2) is 53.3 Å². The Hall–Kier alpha value is -0.420. The zero-order valence-electron chi connectivity index (χ0n) is 9.95. The molecule has 0 aromatic carbocycles. The van der Waals surface area contributed by atoms with Gasteiger partial charge in [-0.1, -0.05) is 6.92 Å². The molecule has 1 unspecified atom stereocenters. The molecule has 2 N–H and O–H groups in total. The molecule has 0 saturated carbocycles. The molecule has 4 nitrogen and oxygen atoms in total. The summed E-state index contributed by atoms with van der Waals surface area (Å²) in [5, 5.41) is 11.9. The Kier molecular flexibility index (Phi) is 6.64. The first-order chi connectivity index (χ1) is 7.77. The normalized spacial score (nSPS) is 20.5. The van der Waals surface area contributed by atoms with Crippen molar-refractivity contribution in [1.29, 1.82) is 0 Å². The first-order valence-electron chi connectivity index (χ1n) is 6.02. The summed E-state index contributed by atoms with van der Waals surface area (Å²) in [5.41, 5.74) is 0. The third-order valence-corrected chi connectivity index (χ3v) is 3.85. The number of thioether (sulfide) groups is 1. The van der Waals surface area contributed by atoms with Crippen LogP contribution in [0.4, 0.5) is 4.79 Å². The molecule has 1 aliphatic rings. The van der Waals surface area contributed by atoms with E-state index in [1.807, 2.05) is 18.7 Å². The maximum atomic E-state index is 11.9. The number of carbonyl (C=O) groups is 1. The Balaban J connectivity index is 2.34. The minimum atomic E-state index is -0.0246. The lowest BCUT2D eigenvalue weighted by Gasteiger charge is -2.27. The lowest BCUT2D eigenvalue weighted by molar-refractivity contribution is 0.174. The highest BCUT2D eigenvalue weighted by molar-refractivity contribution is 7.99. The summed E-state index contributed by atoms with van der Waals surface area (Å²) in [6, 6.07) is 0.285. The summed E-state index contributed by atoms with van der Waals surface area (Å²) >= 11 is 1.90. The van der Waals surface area contributed by atoms with Crippen molar-refractivity contribution >= 4 is 17.8 Å². The number of hydrogen-bond donors (Lipinski definition) is 2. The van der Waals surface area contributed by atoms with Crippen molar-refractivity contribution in [2.24, 2.45) is 0 Å². The molecule has 0 bridgehead atoms. The van der Waals surface area contributed by atoms with E-state index in [9.17, 15) is 4.79 Å². The SMILES string of the molecule is CCCN(CCO)C(=O)NC1CCCSC1. The van der Waals surface area contributed by atoms with E-state index in [1.54, 1.807) is 4.90 Å². The van der Waals surface area contributed by atoms with Crippen molar-refractivity contribution in [2.75, 3.05) is 31.2 Å². The Morgan fingerprint density at radius 3 is 2.94 bits per heavy atom. The molecule has 94 valence electrons. The molecule has 5 heteroatoms. The number of aliphatic hydroxyl groups excluding tert-OH is 1. The number of aliphatic hydroxyl groups is 1. The maximum Gasteiger partial charge on any atom is 0.317 e. The van der Waals surface area contributed by atoms with Gasteiger partial charge in [0.2, 0.25) is 0 Å². The number of nitrogens with one attached hydrogen (secondary N) is 1. The van der Waals surface area contributed by atoms with Gasteiger partial charge in [-0.05, 0) is 25.0 Å². The summed E-state index contributed by atoms with van der Waals surface area (Å²) in [7, 11) is 0. The molecule has 0 radical (unpaired) electrons. The van der Waals surface area contributed by atoms with Crippen LogP contribution < -0.4 is 5.32 Å². The monoisotopic (exact) mass is 246 g/mol. The molecule has 0 aromatic heterocycles. The van der Waals surface area contributed by atoms with Crippen LogP contribution in [0, 0.1) is 0 Å². The minimum Gasteiger partial charge on any atom is -0.395 e. The fourth-order valence-electron chi connectivity index (χ4n) is 1.83. The predicted molar refractivity (Wildman–Crippen MR) is 67.8 cm³/mol. The van der Waals surface area contributed by atoms with Crippen molar-refractivity contribution in [3.05, 3.63) is 0 Å². The van der Waals surface area contributed by atoms with E-state index in [1.165, 1.54) is 12.2 Å². The first kappa shape index (κ1) is 13.6. The highest BCUT2D eigenvalue weighted by Crippen LogP contribution is 2.17. The van der Waals surface area contributed by atoms with E-state index in [0.29, 0.717) is 19.1 Å². The smallest absolute Gasteiger partial charge is 0.317 e. The van der Waals surface area contributed by atoms with E-state index in [-0.39, 0.29) is 12.6 Å². The zero-order valence-corrected chi connectivity index (χ0v) is 10.8. The van der Waals surface area contributed by atoms with Crippen LogP contribution in [0.15, 0.2) is 0 Å². The van der Waals surface area contributed by atoms with Crippen LogP contribution in [-0.2, 0) is 0 Å². The third-order valence-electron chi connectivity index (χ3n) is 2.64. The molecular formula is C11H22N2O2S. The lowest BCUT2D eigenvalue weighted by atomic mass is 10.2. The van der Waals surface area contributed by atoms with E-state index in [0.717, 1.165) is 18.6 Å². The molecule has 0 aliphatic carbocycles. The Morgan fingerprint density at radius 2 is 2.38 bits per heavy atom. The lowest BCUT2D eigenvalue weighted by Crippen LogP contribution is -2.47. The number of rotatable bonds is 5. The predicted octanol–water partition coefficient (Wildman–Crippen LogP) is 1.30. The van der Waals surface area contributed by atoms with Crippen LogP contribution in [0.2, 0.25) is 0 Å². The number of urea groups is 1. The summed E-state index contributed by atoms with van der Waals surface area (Å²) in [5.74, 6) is 2.23. The highest BCUT2D eigenvalue weighted by atomic mass is 32.2. The minimum absolute atomic E-state index is 0.0246. The van der Waals surface area contributed by atoms with Gasteiger partial charge in [-0.15, -0.1) is 0 Å². The van der Waals surface area contributed by atoms with Gasteiger partial charge in [0.1, 0.15) is 0 Å². The zero-order chi connectivity index (χ0) is 11.8. The average Bonchev–Trinajstić information content (AvgIpc) is 2.30. The number of nitrogens with zero attached hydrogens (tertiary/aromatic N) is 1. The van der Waals surface area contributed by atoms with Crippen molar-refractivity contribution in [3.8, 4) is 0 Å². The topological polar surface area (TPSA) is 52.6 Å². The van der Waals surface area contributed by atoms with Crippen molar-refractivity contribution < 1.29 is 9.90 Å². The Labute approximate surface area is 102 Å². The van der Waals surface area contributed by atoms with Crippen molar-refractivity contribution in [1.82, 2.24) is 10.2 Å². The molecule has 1 atom stereocenters. The summed E-state index contributed by atoms with van der Waals surface area (Å²) in [4.78, 5) is 13.6. The summed E-state index contributed by atoms with van der Waals surface area (Å²) < 4.78 is 0. The van der Waals surface area contributed by atoms with E-state index in [2.05, 4.69) is 5.32 Å². The van der Waals surface area contributed by atoms with Crippen molar-refractivity contribution in [2.45, 2.75) is 32.2 Å². The molecule has 0 spiro atoms. The quantitative estimate of drug-likeness (QED) is 0.768. The second kappa shape index (κ2) is 7.79. The van der Waals surface area contributed by atoms with Crippen molar-refractivity contribution in [3.63, 3.8) is 0 Å². The largest absolute Gasteiger partial charge is 0.395 e. The second-order valence-corrected chi connectivity index (χ2v) is 5.22. The average molecular weight is 246 g/mol. The molecule has 0 aromatic rings. The van der Waals surface area contributed by atoms with Gasteiger partial charge in [0.15, 0.2) is 0 Å². The van der Waals surface area contributed by atoms with Gasteiger partial charge in [0.25, 0.3) is 0 Å². The van der Waals surface area contributed by atoms with Crippen LogP contribution in [0.1, 0.15) is 26.2 Å². The molecule has 16 heavy (non-hydrogen) atoms. The van der Waals surface area contributed by atoms with Gasteiger partial charge in [0, 0.05) is 24.9 Å². The first-order valence-corrected chi connectivity index (χ1v) is 7.17. The standard InChI is InChI=1S/C11H22N2O2S/c1-2-5-13(6-7-14)11(15)12-10-4-3-8-16-9-10/h10,14H,2-9H2,1H3,(H,12,15). The van der Waals surface area contributed by atoms with Gasteiger partial charge >= 0.3 is 6.03 Å². The maximum absolute atomic E-state index is 11.9.